The Kier molecular flexibility index (Phi) is 6.12. The molecule has 33 heavy (non-hydrogen) atoms. The van der Waals surface area contributed by atoms with E-state index in [1.54, 1.807) is 0 Å². The predicted molar refractivity (Wildman–Crippen MR) is 133 cm³/mol. The molecule has 2 heterocycles. The van der Waals surface area contributed by atoms with Crippen molar-refractivity contribution in [3.8, 4) is 0 Å². The number of Topliss-reactive ketones (excluding diaryl/α,β-unsaturated/α-hetero) is 2. The van der Waals surface area contributed by atoms with E-state index in [4.69, 9.17) is 9.40 Å². The summed E-state index contributed by atoms with van der Waals surface area (Å²) in [5.41, 5.74) is 3.38. The molecule has 1 unspecified atom stereocenters. The number of hydrogen-bond acceptors (Lipinski definition) is 4. The molecule has 2 aliphatic carbocycles. The third kappa shape index (κ3) is 4.68. The van der Waals surface area contributed by atoms with Gasteiger partial charge in [-0.2, -0.15) is 0 Å². The normalized spacial score (nSPS) is 24.1. The van der Waals surface area contributed by atoms with E-state index in [0.717, 1.165) is 54.5 Å². The lowest BCUT2D eigenvalue weighted by Gasteiger charge is -2.34. The monoisotopic (exact) mass is 451 g/mol. The van der Waals surface area contributed by atoms with Crippen LogP contribution in [0.25, 0.3) is 11.1 Å². The average molecular weight is 452 g/mol. The van der Waals surface area contributed by atoms with Gasteiger partial charge in [-0.15, -0.1) is 0 Å². The summed E-state index contributed by atoms with van der Waals surface area (Å²) in [6.07, 6.45) is 7.78. The minimum atomic E-state index is -0.660. The SMILES string of the molecule is CC1(C)CCC(c2cc(C(C)(C)C)c3oc(C(=O)C4CCCCC(=O)C4(C)C)cc3n2)CC1. The van der Waals surface area contributed by atoms with Gasteiger partial charge in [-0.3, -0.25) is 9.59 Å². The highest BCUT2D eigenvalue weighted by molar-refractivity contribution is 6.02. The summed E-state index contributed by atoms with van der Waals surface area (Å²) < 4.78 is 6.26. The molecule has 1 atom stereocenters. The van der Waals surface area contributed by atoms with E-state index in [-0.39, 0.29) is 22.9 Å². The molecule has 0 bridgehead atoms. The summed E-state index contributed by atoms with van der Waals surface area (Å²) in [5, 5.41) is 0. The van der Waals surface area contributed by atoms with Crippen molar-refractivity contribution in [3.05, 3.63) is 29.2 Å². The van der Waals surface area contributed by atoms with Gasteiger partial charge in [0.1, 0.15) is 11.3 Å². The molecule has 4 heteroatoms. The first kappa shape index (κ1) is 24.2. The topological polar surface area (TPSA) is 60.2 Å². The maximum Gasteiger partial charge on any atom is 0.202 e. The lowest BCUT2D eigenvalue weighted by molar-refractivity contribution is -0.128. The molecule has 2 fully saturated rings. The number of fused-ring (bicyclic) bond motifs is 1. The second-order valence-electron chi connectivity index (χ2n) is 12.9. The van der Waals surface area contributed by atoms with Crippen molar-refractivity contribution in [1.82, 2.24) is 4.98 Å². The van der Waals surface area contributed by atoms with Crippen molar-refractivity contribution in [1.29, 1.82) is 0 Å². The summed E-state index contributed by atoms with van der Waals surface area (Å²) in [6, 6.07) is 4.07. The molecule has 4 rings (SSSR count). The van der Waals surface area contributed by atoms with Gasteiger partial charge >= 0.3 is 0 Å². The summed E-state index contributed by atoms with van der Waals surface area (Å²) in [4.78, 5) is 31.4. The minimum absolute atomic E-state index is 0.0472. The van der Waals surface area contributed by atoms with E-state index >= 15 is 0 Å². The van der Waals surface area contributed by atoms with E-state index in [9.17, 15) is 9.59 Å². The van der Waals surface area contributed by atoms with Crippen molar-refractivity contribution < 1.29 is 14.0 Å². The lowest BCUT2D eigenvalue weighted by Crippen LogP contribution is -2.36. The van der Waals surface area contributed by atoms with Crippen LogP contribution < -0.4 is 0 Å². The zero-order valence-corrected chi connectivity index (χ0v) is 21.6. The Morgan fingerprint density at radius 3 is 2.33 bits per heavy atom. The van der Waals surface area contributed by atoms with Gasteiger partial charge in [0.2, 0.25) is 5.78 Å². The Bertz CT molecular complexity index is 1060. The number of pyridine rings is 1. The summed E-state index contributed by atoms with van der Waals surface area (Å²) in [7, 11) is 0. The van der Waals surface area contributed by atoms with E-state index in [2.05, 4.69) is 40.7 Å². The average Bonchev–Trinajstić information content (AvgIpc) is 3.10. The van der Waals surface area contributed by atoms with Gasteiger partial charge in [0.15, 0.2) is 11.3 Å². The van der Waals surface area contributed by atoms with Crippen LogP contribution in [0.15, 0.2) is 16.5 Å². The van der Waals surface area contributed by atoms with Crippen molar-refractivity contribution in [2.75, 3.05) is 0 Å². The smallest absolute Gasteiger partial charge is 0.202 e. The Hall–Kier alpha value is -1.97. The number of nitrogens with zero attached hydrogens (tertiary/aromatic N) is 1. The van der Waals surface area contributed by atoms with Crippen LogP contribution in [0.5, 0.6) is 0 Å². The van der Waals surface area contributed by atoms with Crippen LogP contribution in [0, 0.1) is 16.7 Å². The number of rotatable bonds is 3. The third-order valence-corrected chi connectivity index (χ3v) is 8.36. The lowest BCUT2D eigenvalue weighted by atomic mass is 9.72. The summed E-state index contributed by atoms with van der Waals surface area (Å²) in [5.74, 6) is 0.611. The molecule has 0 amide bonds. The molecular weight excluding hydrogens is 410 g/mol. The van der Waals surface area contributed by atoms with Crippen LogP contribution >= 0.6 is 0 Å². The molecule has 2 saturated carbocycles. The quantitative estimate of drug-likeness (QED) is 0.353. The fourth-order valence-electron chi connectivity index (χ4n) is 5.77. The van der Waals surface area contributed by atoms with Crippen LogP contribution in [-0.2, 0) is 10.2 Å². The van der Waals surface area contributed by atoms with Crippen LogP contribution in [0.4, 0.5) is 0 Å². The Morgan fingerprint density at radius 1 is 1.03 bits per heavy atom. The number of ketones is 2. The molecule has 0 saturated heterocycles. The maximum absolute atomic E-state index is 13.6. The van der Waals surface area contributed by atoms with Crippen molar-refractivity contribution >= 4 is 22.7 Å². The third-order valence-electron chi connectivity index (χ3n) is 8.36. The molecule has 180 valence electrons. The predicted octanol–water partition coefficient (Wildman–Crippen LogP) is 7.78. The van der Waals surface area contributed by atoms with E-state index < -0.39 is 5.41 Å². The van der Waals surface area contributed by atoms with Gasteiger partial charge in [0, 0.05) is 41.0 Å². The number of aromatic nitrogens is 1. The fraction of sp³-hybridized carbons (Fsp3) is 0.690. The Morgan fingerprint density at radius 2 is 1.70 bits per heavy atom. The first-order chi connectivity index (χ1) is 15.3. The van der Waals surface area contributed by atoms with Gasteiger partial charge in [0.05, 0.1) is 0 Å². The second-order valence-corrected chi connectivity index (χ2v) is 12.9. The summed E-state index contributed by atoms with van der Waals surface area (Å²) in [6.45, 7) is 15.1. The van der Waals surface area contributed by atoms with Crippen LogP contribution in [0.1, 0.15) is 128 Å². The minimum Gasteiger partial charge on any atom is -0.451 e. The number of furan rings is 1. The van der Waals surface area contributed by atoms with Crippen LogP contribution in [0.3, 0.4) is 0 Å². The van der Waals surface area contributed by atoms with E-state index in [0.29, 0.717) is 23.5 Å². The molecule has 0 aromatic carbocycles. The zero-order chi connectivity index (χ0) is 24.2. The van der Waals surface area contributed by atoms with Gasteiger partial charge in [0.25, 0.3) is 0 Å². The largest absolute Gasteiger partial charge is 0.451 e. The molecular formula is C29H41NO3. The van der Waals surface area contributed by atoms with Crippen molar-refractivity contribution in [3.63, 3.8) is 0 Å². The highest BCUT2D eigenvalue weighted by atomic mass is 16.3. The van der Waals surface area contributed by atoms with E-state index in [1.807, 2.05) is 19.9 Å². The molecule has 0 N–H and O–H groups in total. The fourth-order valence-corrected chi connectivity index (χ4v) is 5.77. The van der Waals surface area contributed by atoms with Crippen LogP contribution in [0.2, 0.25) is 0 Å². The number of hydrogen-bond donors (Lipinski definition) is 0. The number of carbonyl (C=O) groups excluding carboxylic acids is 2. The molecule has 0 radical (unpaired) electrons. The van der Waals surface area contributed by atoms with Crippen LogP contribution in [-0.4, -0.2) is 16.6 Å². The highest BCUT2D eigenvalue weighted by Crippen LogP contribution is 2.44. The van der Waals surface area contributed by atoms with E-state index in [1.165, 1.54) is 12.8 Å². The zero-order valence-electron chi connectivity index (χ0n) is 21.6. The molecule has 0 aliphatic heterocycles. The van der Waals surface area contributed by atoms with Crippen molar-refractivity contribution in [2.24, 2.45) is 16.7 Å². The van der Waals surface area contributed by atoms with Gasteiger partial charge in [-0.1, -0.05) is 54.9 Å². The molecule has 0 spiro atoms. The standard InChI is InChI=1S/C29H41NO3/c1-27(2,3)20-16-21(18-12-14-28(4,5)15-13-18)30-22-17-23(33-26(20)22)25(32)19-10-8-9-11-24(31)29(19,6)7/h16-19H,8-15H2,1-7H3. The molecule has 4 nitrogen and oxygen atoms in total. The van der Waals surface area contributed by atoms with Crippen molar-refractivity contribution in [2.45, 2.75) is 111 Å². The van der Waals surface area contributed by atoms with Gasteiger partial charge < -0.3 is 4.42 Å². The molecule has 2 aliphatic rings. The highest BCUT2D eigenvalue weighted by Gasteiger charge is 2.43. The summed E-state index contributed by atoms with van der Waals surface area (Å²) >= 11 is 0. The Labute approximate surface area is 198 Å². The first-order valence-corrected chi connectivity index (χ1v) is 12.8. The second kappa shape index (κ2) is 8.36. The number of carbonyl (C=O) groups is 2. The Balaban J connectivity index is 1.74. The van der Waals surface area contributed by atoms with Gasteiger partial charge in [-0.25, -0.2) is 4.98 Å². The first-order valence-electron chi connectivity index (χ1n) is 12.8. The molecule has 2 aromatic heterocycles. The molecule has 2 aromatic rings. The van der Waals surface area contributed by atoms with Gasteiger partial charge in [-0.05, 0) is 55.4 Å². The maximum atomic E-state index is 13.6.